The summed E-state index contributed by atoms with van der Waals surface area (Å²) in [6.07, 6.45) is 4.29. The average molecular weight is 594 g/mol. The van der Waals surface area contributed by atoms with Gasteiger partial charge in [0, 0.05) is 18.7 Å². The zero-order chi connectivity index (χ0) is 30.1. The lowest BCUT2D eigenvalue weighted by atomic mass is 10.1. The maximum Gasteiger partial charge on any atom is 0.264 e. The lowest BCUT2D eigenvalue weighted by Crippen LogP contribution is -2.53. The predicted molar refractivity (Wildman–Crippen MR) is 162 cm³/mol. The molecule has 2 amide bonds. The number of carbonyl (C=O) groups excluding carboxylic acids is 2. The fraction of sp³-hybridized carbons (Fsp3) is 0.375. The van der Waals surface area contributed by atoms with Gasteiger partial charge in [0.1, 0.15) is 24.1 Å². The Bertz CT molecular complexity index is 1460. The molecular formula is C32H39N3O6S. The Balaban J connectivity index is 1.73. The summed E-state index contributed by atoms with van der Waals surface area (Å²) in [5.41, 5.74) is 1.03. The number of hydrogen-bond acceptors (Lipinski definition) is 6. The minimum absolute atomic E-state index is 0.0472. The summed E-state index contributed by atoms with van der Waals surface area (Å²) in [6, 6.07) is 21.1. The maximum absolute atomic E-state index is 14.2. The van der Waals surface area contributed by atoms with Gasteiger partial charge in [-0.15, -0.1) is 0 Å². The number of sulfonamides is 1. The number of nitrogens with one attached hydrogen (secondary N) is 1. The van der Waals surface area contributed by atoms with Crippen LogP contribution in [0.3, 0.4) is 0 Å². The molecule has 0 spiro atoms. The van der Waals surface area contributed by atoms with E-state index >= 15 is 0 Å². The second-order valence-electron chi connectivity index (χ2n) is 10.3. The highest BCUT2D eigenvalue weighted by molar-refractivity contribution is 7.92. The summed E-state index contributed by atoms with van der Waals surface area (Å²) < 4.78 is 39.7. The molecule has 0 saturated heterocycles. The first kappa shape index (κ1) is 30.9. The van der Waals surface area contributed by atoms with E-state index in [1.165, 1.54) is 24.1 Å². The van der Waals surface area contributed by atoms with Gasteiger partial charge in [0.2, 0.25) is 11.8 Å². The molecule has 1 N–H and O–H groups in total. The van der Waals surface area contributed by atoms with Crippen molar-refractivity contribution in [3.05, 3.63) is 84.4 Å². The molecule has 1 unspecified atom stereocenters. The van der Waals surface area contributed by atoms with E-state index < -0.39 is 28.5 Å². The first-order valence-electron chi connectivity index (χ1n) is 14.2. The second kappa shape index (κ2) is 14.2. The highest BCUT2D eigenvalue weighted by atomic mass is 32.2. The highest BCUT2D eigenvalue weighted by Crippen LogP contribution is 2.28. The molecule has 0 radical (unpaired) electrons. The van der Waals surface area contributed by atoms with Crippen molar-refractivity contribution in [3.63, 3.8) is 0 Å². The van der Waals surface area contributed by atoms with Gasteiger partial charge in [0.15, 0.2) is 0 Å². The molecule has 1 fully saturated rings. The Kier molecular flexibility index (Phi) is 10.5. The molecule has 3 aromatic carbocycles. The van der Waals surface area contributed by atoms with Gasteiger partial charge in [0.25, 0.3) is 10.0 Å². The number of carbonyl (C=O) groups is 2. The van der Waals surface area contributed by atoms with E-state index in [0.717, 1.165) is 35.6 Å². The number of ether oxygens (including phenoxy) is 2. The number of anilines is 1. The minimum atomic E-state index is -4.15. The number of nitrogens with zero attached hydrogens (tertiary/aromatic N) is 2. The van der Waals surface area contributed by atoms with Gasteiger partial charge in [-0.3, -0.25) is 13.9 Å². The Morgan fingerprint density at radius 1 is 0.905 bits per heavy atom. The normalized spacial score (nSPS) is 14.2. The Hall–Kier alpha value is -4.05. The van der Waals surface area contributed by atoms with Crippen molar-refractivity contribution >= 4 is 27.5 Å². The molecule has 3 aromatic rings. The van der Waals surface area contributed by atoms with Crippen LogP contribution in [0.15, 0.2) is 83.8 Å². The molecule has 1 aliphatic rings. The molecule has 224 valence electrons. The third-order valence-corrected chi connectivity index (χ3v) is 9.31. The van der Waals surface area contributed by atoms with Gasteiger partial charge in [0.05, 0.1) is 24.8 Å². The largest absolute Gasteiger partial charge is 0.497 e. The molecule has 0 heterocycles. The van der Waals surface area contributed by atoms with E-state index in [1.807, 2.05) is 25.1 Å². The molecule has 42 heavy (non-hydrogen) atoms. The summed E-state index contributed by atoms with van der Waals surface area (Å²) in [6.45, 7) is 1.44. The monoisotopic (exact) mass is 593 g/mol. The van der Waals surface area contributed by atoms with Crippen LogP contribution < -0.4 is 19.1 Å². The molecule has 10 heteroatoms. The fourth-order valence-electron chi connectivity index (χ4n) is 5.27. The van der Waals surface area contributed by atoms with Crippen LogP contribution in [0.2, 0.25) is 0 Å². The van der Waals surface area contributed by atoms with Crippen LogP contribution in [-0.4, -0.2) is 58.0 Å². The summed E-state index contributed by atoms with van der Waals surface area (Å²) in [4.78, 5) is 29.3. The average Bonchev–Trinajstić information content (AvgIpc) is 3.53. The van der Waals surface area contributed by atoms with E-state index in [-0.39, 0.29) is 29.1 Å². The molecule has 0 bridgehead atoms. The van der Waals surface area contributed by atoms with E-state index in [9.17, 15) is 18.0 Å². The Morgan fingerprint density at radius 3 is 2.19 bits per heavy atom. The van der Waals surface area contributed by atoms with Gasteiger partial charge in [-0.1, -0.05) is 56.2 Å². The van der Waals surface area contributed by atoms with Gasteiger partial charge < -0.3 is 19.7 Å². The second-order valence-corrected chi connectivity index (χ2v) is 12.2. The van der Waals surface area contributed by atoms with E-state index in [2.05, 4.69) is 5.32 Å². The number of rotatable bonds is 13. The van der Waals surface area contributed by atoms with E-state index in [0.29, 0.717) is 17.9 Å². The number of amides is 2. The zero-order valence-electron chi connectivity index (χ0n) is 24.4. The molecule has 1 saturated carbocycles. The Labute approximate surface area is 248 Å². The number of methoxy groups -OCH3 is 2. The zero-order valence-corrected chi connectivity index (χ0v) is 25.2. The maximum atomic E-state index is 14.2. The molecular weight excluding hydrogens is 554 g/mol. The summed E-state index contributed by atoms with van der Waals surface area (Å²) in [5.74, 6) is 0.324. The number of hydrogen-bond donors (Lipinski definition) is 1. The molecule has 9 nitrogen and oxygen atoms in total. The lowest BCUT2D eigenvalue weighted by molar-refractivity contribution is -0.140. The van der Waals surface area contributed by atoms with Crippen LogP contribution in [0.4, 0.5) is 5.69 Å². The fourth-order valence-corrected chi connectivity index (χ4v) is 6.70. The van der Waals surface area contributed by atoms with Crippen molar-refractivity contribution in [2.45, 2.75) is 62.6 Å². The van der Waals surface area contributed by atoms with Gasteiger partial charge >= 0.3 is 0 Å². The summed E-state index contributed by atoms with van der Waals surface area (Å²) >= 11 is 0. The van der Waals surface area contributed by atoms with Crippen molar-refractivity contribution in [3.8, 4) is 11.5 Å². The van der Waals surface area contributed by atoms with Crippen molar-refractivity contribution in [2.75, 3.05) is 25.1 Å². The minimum Gasteiger partial charge on any atom is -0.497 e. The third-order valence-electron chi connectivity index (χ3n) is 7.53. The van der Waals surface area contributed by atoms with Crippen LogP contribution in [0, 0.1) is 0 Å². The summed E-state index contributed by atoms with van der Waals surface area (Å²) in [7, 11) is -1.10. The van der Waals surface area contributed by atoms with Crippen LogP contribution in [-0.2, 0) is 26.2 Å². The van der Waals surface area contributed by atoms with Gasteiger partial charge in [-0.05, 0) is 61.2 Å². The standard InChI is InChI=1S/C32H39N3O6S/c1-4-30(32(37)33-25-13-8-9-14-25)34(22-24-12-10-16-27(20-24)40-2)31(36)23-35(26-15-11-17-28(21-26)41-3)42(38,39)29-18-6-5-7-19-29/h5-7,10-12,15-21,25,30H,4,8-9,13-14,22-23H2,1-3H3,(H,33,37). The number of benzene rings is 3. The molecule has 1 aliphatic carbocycles. The molecule has 1 atom stereocenters. The predicted octanol–water partition coefficient (Wildman–Crippen LogP) is 4.77. The first-order valence-corrected chi connectivity index (χ1v) is 15.7. The van der Waals surface area contributed by atoms with Crippen molar-refractivity contribution in [2.24, 2.45) is 0 Å². The topological polar surface area (TPSA) is 105 Å². The van der Waals surface area contributed by atoms with Crippen molar-refractivity contribution in [1.29, 1.82) is 0 Å². The summed E-state index contributed by atoms with van der Waals surface area (Å²) in [5, 5.41) is 3.12. The first-order chi connectivity index (χ1) is 20.3. The van der Waals surface area contributed by atoms with E-state index in [4.69, 9.17) is 9.47 Å². The molecule has 0 aliphatic heterocycles. The van der Waals surface area contributed by atoms with Crippen molar-refractivity contribution in [1.82, 2.24) is 10.2 Å². The molecule has 4 rings (SSSR count). The highest BCUT2D eigenvalue weighted by Gasteiger charge is 2.34. The SMILES string of the molecule is CCC(C(=O)NC1CCCC1)N(Cc1cccc(OC)c1)C(=O)CN(c1cccc(OC)c1)S(=O)(=O)c1ccccc1. The smallest absolute Gasteiger partial charge is 0.264 e. The lowest BCUT2D eigenvalue weighted by Gasteiger charge is -2.34. The van der Waals surface area contributed by atoms with Crippen LogP contribution in [0.5, 0.6) is 11.5 Å². The quantitative estimate of drug-likeness (QED) is 0.306. The Morgan fingerprint density at radius 2 is 1.55 bits per heavy atom. The van der Waals surface area contributed by atoms with Crippen LogP contribution >= 0.6 is 0 Å². The third kappa shape index (κ3) is 7.42. The van der Waals surface area contributed by atoms with Crippen molar-refractivity contribution < 1.29 is 27.5 Å². The molecule has 0 aromatic heterocycles. The van der Waals surface area contributed by atoms with Crippen LogP contribution in [0.1, 0.15) is 44.6 Å². The van der Waals surface area contributed by atoms with Gasteiger partial charge in [-0.2, -0.15) is 0 Å². The van der Waals surface area contributed by atoms with E-state index in [1.54, 1.807) is 55.6 Å². The van der Waals surface area contributed by atoms with Crippen LogP contribution in [0.25, 0.3) is 0 Å². The van der Waals surface area contributed by atoms with Gasteiger partial charge in [-0.25, -0.2) is 8.42 Å².